The molecule has 2 heteroatoms. The monoisotopic (exact) mass is 974 g/mol. The summed E-state index contributed by atoms with van der Waals surface area (Å²) in [6.45, 7) is 14.9. The van der Waals surface area contributed by atoms with Gasteiger partial charge in [0.2, 0.25) is 0 Å². The predicted molar refractivity (Wildman–Crippen MR) is 269 cm³/mol. The molecule has 0 aromatic heterocycles. The van der Waals surface area contributed by atoms with Crippen molar-refractivity contribution in [3.8, 4) is 22.3 Å². The third-order valence-electron chi connectivity index (χ3n) is 15.7. The van der Waals surface area contributed by atoms with Gasteiger partial charge in [0, 0.05) is 0 Å². The van der Waals surface area contributed by atoms with Gasteiger partial charge in [-0.05, 0) is 0 Å². The molecular formula is C60H74Zr2. The van der Waals surface area contributed by atoms with Gasteiger partial charge in [0.25, 0.3) is 0 Å². The van der Waals surface area contributed by atoms with Crippen LogP contribution in [0, 0.1) is 0 Å². The third kappa shape index (κ3) is 8.89. The standard InChI is InChI=1S/2C21H17.4C4H9.C2H4.2Zr/c2*1-2-15-13-17-9-6-12-20(21(17)14-15)19-11-5-8-16-7-3-4-10-18(16)19;4*1-3-4-2;1-2;;/h2*3-14H,2H2,1H3;4*1,3-4H2,2H3;1-2H2;;. The molecule has 0 saturated heterocycles. The minimum atomic E-state index is -3.02. The fraction of sp³-hybridized carbons (Fsp3) is 0.400. The number of unbranched alkanes of at least 4 members (excludes halogenated alkanes) is 4. The molecular weight excluding hydrogens is 903 g/mol. The van der Waals surface area contributed by atoms with Gasteiger partial charge in [0.05, 0.1) is 0 Å². The molecule has 0 radical (unpaired) electrons. The molecule has 0 amide bonds. The summed E-state index contributed by atoms with van der Waals surface area (Å²) in [5.74, 6) is 0. The van der Waals surface area contributed by atoms with Crippen LogP contribution in [0.3, 0.4) is 0 Å². The zero-order valence-electron chi connectivity index (χ0n) is 39.2. The second-order valence-corrected chi connectivity index (χ2v) is 42.9. The van der Waals surface area contributed by atoms with Gasteiger partial charge in [-0.15, -0.1) is 0 Å². The first kappa shape index (κ1) is 45.6. The number of rotatable bonds is 21. The van der Waals surface area contributed by atoms with Crippen LogP contribution in [0.15, 0.2) is 132 Å². The van der Waals surface area contributed by atoms with Crippen LogP contribution in [0.25, 0.3) is 56.0 Å². The third-order valence-corrected chi connectivity index (χ3v) is 47.5. The molecule has 6 aromatic carbocycles. The van der Waals surface area contributed by atoms with Crippen LogP contribution < -0.4 is 0 Å². The second kappa shape index (κ2) is 20.9. The summed E-state index contributed by atoms with van der Waals surface area (Å²) in [6, 6.07) is 47.0. The molecule has 2 unspecified atom stereocenters. The Balaban J connectivity index is 1.26. The van der Waals surface area contributed by atoms with E-state index in [0.29, 0.717) is 7.25 Å². The SMILES string of the molecule is CCC[CH2][Zr]([CH2]CCC)([CH2][CH2][Zr]([CH2]CCC)([CH2]CCC)[CH]1C(CC)=Cc2c(-c3cccc4ccccc34)cccc21)[CH]1C(CC)=Cc2c(-c3cccc4ccccc34)cccc21. The fourth-order valence-electron chi connectivity index (χ4n) is 12.6. The Morgan fingerprint density at radius 2 is 0.694 bits per heavy atom. The molecule has 322 valence electrons. The van der Waals surface area contributed by atoms with Crippen LogP contribution in [-0.2, 0) is 40.5 Å². The Labute approximate surface area is 385 Å². The zero-order valence-corrected chi connectivity index (χ0v) is 44.1. The molecule has 2 aliphatic rings. The van der Waals surface area contributed by atoms with E-state index >= 15 is 0 Å². The van der Waals surface area contributed by atoms with E-state index in [0.717, 1.165) is 0 Å². The Morgan fingerprint density at radius 3 is 1.06 bits per heavy atom. The summed E-state index contributed by atoms with van der Waals surface area (Å²) in [5.41, 5.74) is 15.9. The van der Waals surface area contributed by atoms with Crippen molar-refractivity contribution in [3.05, 3.63) is 155 Å². The normalized spacial score (nSPS) is 16.2. The first-order chi connectivity index (χ1) is 30.5. The Bertz CT molecular complexity index is 2330. The van der Waals surface area contributed by atoms with Crippen molar-refractivity contribution in [2.75, 3.05) is 0 Å². The predicted octanol–water partition coefficient (Wildman–Crippen LogP) is 19.7. The summed E-state index contributed by atoms with van der Waals surface area (Å²) < 4.78 is 10.8. The van der Waals surface area contributed by atoms with Gasteiger partial charge in [-0.25, -0.2) is 0 Å². The van der Waals surface area contributed by atoms with Crippen LogP contribution in [0.5, 0.6) is 0 Å². The first-order valence-corrected chi connectivity index (χ1v) is 38.4. The molecule has 0 heterocycles. The fourth-order valence-corrected chi connectivity index (χ4v) is 57.6. The van der Waals surface area contributed by atoms with E-state index < -0.39 is 40.5 Å². The molecule has 0 spiro atoms. The number of benzene rings is 6. The number of allylic oxidation sites excluding steroid dienone is 2. The van der Waals surface area contributed by atoms with Crippen molar-refractivity contribution in [2.45, 2.75) is 138 Å². The van der Waals surface area contributed by atoms with Crippen LogP contribution in [-0.4, -0.2) is 0 Å². The van der Waals surface area contributed by atoms with Gasteiger partial charge in [-0.3, -0.25) is 0 Å². The molecule has 0 fully saturated rings. The quantitative estimate of drug-likeness (QED) is 0.0674. The van der Waals surface area contributed by atoms with Crippen molar-refractivity contribution >= 4 is 33.7 Å². The molecule has 0 nitrogen and oxygen atoms in total. The van der Waals surface area contributed by atoms with Gasteiger partial charge >= 0.3 is 389 Å². The first-order valence-electron chi connectivity index (χ1n) is 25.1. The van der Waals surface area contributed by atoms with Crippen LogP contribution in [0.2, 0.25) is 24.8 Å². The van der Waals surface area contributed by atoms with Crippen molar-refractivity contribution < 1.29 is 40.5 Å². The van der Waals surface area contributed by atoms with Gasteiger partial charge in [0.15, 0.2) is 0 Å². The topological polar surface area (TPSA) is 0 Å². The van der Waals surface area contributed by atoms with Gasteiger partial charge in [-0.1, -0.05) is 0 Å². The van der Waals surface area contributed by atoms with Crippen LogP contribution >= 0.6 is 0 Å². The maximum absolute atomic E-state index is 3.02. The van der Waals surface area contributed by atoms with E-state index in [4.69, 9.17) is 0 Å². The van der Waals surface area contributed by atoms with Crippen molar-refractivity contribution in [1.82, 2.24) is 0 Å². The summed E-state index contributed by atoms with van der Waals surface area (Å²) in [4.78, 5) is 0. The van der Waals surface area contributed by atoms with Crippen LogP contribution in [0.1, 0.15) is 135 Å². The Kier molecular flexibility index (Phi) is 15.4. The van der Waals surface area contributed by atoms with E-state index in [9.17, 15) is 0 Å². The average molecular weight is 978 g/mol. The molecule has 0 aliphatic heterocycles. The Hall–Kier alpha value is -2.91. The van der Waals surface area contributed by atoms with E-state index in [1.807, 2.05) is 0 Å². The van der Waals surface area contributed by atoms with Gasteiger partial charge < -0.3 is 0 Å². The summed E-state index contributed by atoms with van der Waals surface area (Å²) >= 11 is -6.04. The molecule has 62 heavy (non-hydrogen) atoms. The zero-order chi connectivity index (χ0) is 43.1. The summed E-state index contributed by atoms with van der Waals surface area (Å²) in [7, 11) is 0. The molecule has 2 atom stereocenters. The van der Waals surface area contributed by atoms with E-state index in [2.05, 4.69) is 175 Å². The molecule has 2 aliphatic carbocycles. The number of hydrogen-bond donors (Lipinski definition) is 0. The molecule has 0 bridgehead atoms. The second-order valence-electron chi connectivity index (χ2n) is 19.3. The summed E-state index contributed by atoms with van der Waals surface area (Å²) in [6.07, 6.45) is 18.8. The van der Waals surface area contributed by atoms with Crippen molar-refractivity contribution in [3.63, 3.8) is 0 Å². The number of hydrogen-bond acceptors (Lipinski definition) is 0. The molecule has 0 saturated carbocycles. The van der Waals surface area contributed by atoms with E-state index in [1.165, 1.54) is 108 Å². The Morgan fingerprint density at radius 1 is 0.355 bits per heavy atom. The maximum atomic E-state index is 2.74. The molecule has 0 N–H and O–H groups in total. The average Bonchev–Trinajstić information content (AvgIpc) is 3.91. The molecule has 6 aromatic rings. The van der Waals surface area contributed by atoms with Gasteiger partial charge in [-0.2, -0.15) is 0 Å². The summed E-state index contributed by atoms with van der Waals surface area (Å²) in [5, 5.41) is 5.46. The van der Waals surface area contributed by atoms with Crippen molar-refractivity contribution in [1.29, 1.82) is 0 Å². The number of fused-ring (bicyclic) bond motifs is 4. The van der Waals surface area contributed by atoms with Crippen LogP contribution in [0.4, 0.5) is 0 Å². The van der Waals surface area contributed by atoms with E-state index in [-0.39, 0.29) is 0 Å². The van der Waals surface area contributed by atoms with Gasteiger partial charge in [0.1, 0.15) is 0 Å². The minimum absolute atomic E-state index is 0.702. The van der Waals surface area contributed by atoms with E-state index in [1.54, 1.807) is 58.2 Å². The van der Waals surface area contributed by atoms with Crippen molar-refractivity contribution in [2.24, 2.45) is 0 Å². The molecule has 8 rings (SSSR count).